The van der Waals surface area contributed by atoms with E-state index in [0.717, 1.165) is 37.9 Å². The normalized spacial score (nSPS) is 11.1. The van der Waals surface area contributed by atoms with Crippen LogP contribution in [0.4, 0.5) is 11.6 Å². The van der Waals surface area contributed by atoms with E-state index in [1.807, 2.05) is 74.8 Å². The van der Waals surface area contributed by atoms with Crippen molar-refractivity contribution in [2.45, 2.75) is 0 Å². The van der Waals surface area contributed by atoms with Crippen molar-refractivity contribution in [2.75, 3.05) is 24.4 Å². The van der Waals surface area contributed by atoms with Gasteiger partial charge in [-0.3, -0.25) is 0 Å². The summed E-state index contributed by atoms with van der Waals surface area (Å²) >= 11 is 3.54. The van der Waals surface area contributed by atoms with Gasteiger partial charge in [-0.15, -0.1) is 0 Å². The lowest BCUT2D eigenvalue weighted by Gasteiger charge is -2.12. The molecule has 0 amide bonds. The number of nitrogens with one attached hydrogen (secondary N) is 1. The Hall–Kier alpha value is -3.25. The van der Waals surface area contributed by atoms with E-state index in [2.05, 4.69) is 48.5 Å². The van der Waals surface area contributed by atoms with Gasteiger partial charge in [-0.2, -0.15) is 5.10 Å². The van der Waals surface area contributed by atoms with Crippen LogP contribution in [0.15, 0.2) is 82.4 Å². The molecule has 1 N–H and O–H groups in total. The van der Waals surface area contributed by atoms with Crippen LogP contribution in [0.1, 0.15) is 5.56 Å². The van der Waals surface area contributed by atoms with E-state index >= 15 is 0 Å². The maximum Gasteiger partial charge on any atom is 0.244 e. The summed E-state index contributed by atoms with van der Waals surface area (Å²) in [5, 5.41) is 5.33. The van der Waals surface area contributed by atoms with Crippen LogP contribution in [-0.4, -0.2) is 30.3 Å². The van der Waals surface area contributed by atoms with Crippen molar-refractivity contribution >= 4 is 44.7 Å². The van der Waals surface area contributed by atoms with E-state index in [-0.39, 0.29) is 0 Å². The summed E-state index contributed by atoms with van der Waals surface area (Å²) in [6.45, 7) is 0. The van der Waals surface area contributed by atoms with Gasteiger partial charge in [-0.25, -0.2) is 15.4 Å². The van der Waals surface area contributed by atoms with Crippen molar-refractivity contribution in [3.05, 3.63) is 82.8 Å². The van der Waals surface area contributed by atoms with Gasteiger partial charge in [0.05, 0.1) is 17.4 Å². The molecule has 1 heterocycles. The first-order valence-corrected chi connectivity index (χ1v) is 9.99. The van der Waals surface area contributed by atoms with Crippen LogP contribution in [0.2, 0.25) is 0 Å². The zero-order valence-electron chi connectivity index (χ0n) is 16.2. The summed E-state index contributed by atoms with van der Waals surface area (Å²) in [4.78, 5) is 11.4. The number of hydrogen-bond donors (Lipinski definition) is 1. The number of hydrogen-bond acceptors (Lipinski definition) is 5. The number of rotatable bonds is 5. The molecule has 144 valence electrons. The second-order valence-electron chi connectivity index (χ2n) is 6.78. The molecule has 0 aliphatic heterocycles. The van der Waals surface area contributed by atoms with Gasteiger partial charge in [0.2, 0.25) is 5.95 Å². The first-order chi connectivity index (χ1) is 14.1. The number of anilines is 2. The van der Waals surface area contributed by atoms with Crippen molar-refractivity contribution in [1.29, 1.82) is 0 Å². The summed E-state index contributed by atoms with van der Waals surface area (Å²) < 4.78 is 0.991. The third kappa shape index (κ3) is 4.43. The van der Waals surface area contributed by atoms with Crippen molar-refractivity contribution in [1.82, 2.24) is 9.97 Å². The molecule has 0 fully saturated rings. The van der Waals surface area contributed by atoms with Gasteiger partial charge in [0.1, 0.15) is 0 Å². The Bertz CT molecular complexity index is 1170. The van der Waals surface area contributed by atoms with Gasteiger partial charge in [0, 0.05) is 35.2 Å². The molecule has 0 bridgehead atoms. The van der Waals surface area contributed by atoms with E-state index < -0.39 is 0 Å². The molecular weight excluding hydrogens is 426 g/mol. The van der Waals surface area contributed by atoms with E-state index in [0.29, 0.717) is 5.95 Å². The zero-order chi connectivity index (χ0) is 20.2. The molecule has 0 saturated carbocycles. The fourth-order valence-electron chi connectivity index (χ4n) is 3.01. The summed E-state index contributed by atoms with van der Waals surface area (Å²) in [5.74, 6) is 0.457. The minimum Gasteiger partial charge on any atom is -0.378 e. The molecular formula is C23H20BrN5. The topological polar surface area (TPSA) is 53.4 Å². The van der Waals surface area contributed by atoms with Gasteiger partial charge in [-0.05, 0) is 35.9 Å². The number of halogens is 1. The predicted molar refractivity (Wildman–Crippen MR) is 125 cm³/mol. The maximum absolute atomic E-state index is 4.72. The van der Waals surface area contributed by atoms with Gasteiger partial charge in [0.25, 0.3) is 0 Å². The Kier molecular flexibility index (Phi) is 5.53. The molecule has 0 aliphatic rings. The molecule has 1 aromatic heterocycles. The second-order valence-corrected chi connectivity index (χ2v) is 7.70. The highest BCUT2D eigenvalue weighted by molar-refractivity contribution is 9.10. The summed E-state index contributed by atoms with van der Waals surface area (Å²) in [6.07, 6.45) is 1.77. The predicted octanol–water partition coefficient (Wildman–Crippen LogP) is 5.57. The molecule has 0 aliphatic carbocycles. The SMILES string of the molecule is CN(C)c1cccc(/C=N/Nc2nc(-c3ccccc3)c3cc(Br)ccc3n2)c1. The molecule has 4 rings (SSSR count). The second kappa shape index (κ2) is 8.41. The zero-order valence-corrected chi connectivity index (χ0v) is 17.8. The first-order valence-electron chi connectivity index (χ1n) is 9.19. The molecule has 0 saturated heterocycles. The van der Waals surface area contributed by atoms with Crippen LogP contribution < -0.4 is 10.3 Å². The number of benzene rings is 3. The average molecular weight is 446 g/mol. The number of nitrogens with zero attached hydrogens (tertiary/aromatic N) is 4. The highest BCUT2D eigenvalue weighted by atomic mass is 79.9. The summed E-state index contributed by atoms with van der Waals surface area (Å²) in [6, 6.07) is 24.2. The Morgan fingerprint density at radius 3 is 2.55 bits per heavy atom. The quantitative estimate of drug-likeness (QED) is 0.322. The van der Waals surface area contributed by atoms with Crippen LogP contribution in [0.25, 0.3) is 22.2 Å². The minimum atomic E-state index is 0.457. The van der Waals surface area contributed by atoms with Crippen molar-refractivity contribution in [3.8, 4) is 11.3 Å². The third-order valence-corrected chi connectivity index (χ3v) is 4.96. The number of hydrazone groups is 1. The smallest absolute Gasteiger partial charge is 0.244 e. The van der Waals surface area contributed by atoms with Crippen LogP contribution in [0.5, 0.6) is 0 Å². The van der Waals surface area contributed by atoms with Crippen LogP contribution in [-0.2, 0) is 0 Å². The Morgan fingerprint density at radius 2 is 1.76 bits per heavy atom. The lowest BCUT2D eigenvalue weighted by atomic mass is 10.1. The fraction of sp³-hybridized carbons (Fsp3) is 0.0870. The van der Waals surface area contributed by atoms with Crippen LogP contribution >= 0.6 is 15.9 Å². The van der Waals surface area contributed by atoms with E-state index in [1.165, 1.54) is 0 Å². The summed E-state index contributed by atoms with van der Waals surface area (Å²) in [5.41, 5.74) is 7.85. The average Bonchev–Trinajstić information content (AvgIpc) is 2.74. The third-order valence-electron chi connectivity index (χ3n) is 4.47. The largest absolute Gasteiger partial charge is 0.378 e. The fourth-order valence-corrected chi connectivity index (χ4v) is 3.38. The molecule has 0 atom stereocenters. The number of aromatic nitrogens is 2. The first kappa shape index (κ1) is 19.1. The molecule has 3 aromatic carbocycles. The number of fused-ring (bicyclic) bond motifs is 1. The van der Waals surface area contributed by atoms with Crippen LogP contribution in [0.3, 0.4) is 0 Å². The standard InChI is InChI=1S/C23H20BrN5/c1-29(2)19-10-6-7-16(13-19)15-25-28-23-26-21-12-11-18(24)14-20(21)22(27-23)17-8-4-3-5-9-17/h3-15H,1-2H3,(H,26,27,28)/b25-15+. The van der Waals surface area contributed by atoms with E-state index in [1.54, 1.807) is 6.21 Å². The molecule has 5 nitrogen and oxygen atoms in total. The van der Waals surface area contributed by atoms with Gasteiger partial charge < -0.3 is 4.90 Å². The lowest BCUT2D eigenvalue weighted by Crippen LogP contribution is -2.08. The monoisotopic (exact) mass is 445 g/mol. The Labute approximate surface area is 178 Å². The molecule has 0 spiro atoms. The highest BCUT2D eigenvalue weighted by Gasteiger charge is 2.10. The van der Waals surface area contributed by atoms with Crippen molar-refractivity contribution < 1.29 is 0 Å². The molecule has 29 heavy (non-hydrogen) atoms. The summed E-state index contributed by atoms with van der Waals surface area (Å²) in [7, 11) is 4.03. The van der Waals surface area contributed by atoms with E-state index in [4.69, 9.17) is 4.98 Å². The van der Waals surface area contributed by atoms with E-state index in [9.17, 15) is 0 Å². The Morgan fingerprint density at radius 1 is 0.931 bits per heavy atom. The molecule has 0 radical (unpaired) electrons. The lowest BCUT2D eigenvalue weighted by molar-refractivity contribution is 1.13. The highest BCUT2D eigenvalue weighted by Crippen LogP contribution is 2.29. The van der Waals surface area contributed by atoms with Gasteiger partial charge in [-0.1, -0.05) is 58.4 Å². The maximum atomic E-state index is 4.72. The molecule has 6 heteroatoms. The molecule has 0 unspecified atom stereocenters. The van der Waals surface area contributed by atoms with Gasteiger partial charge >= 0.3 is 0 Å². The van der Waals surface area contributed by atoms with Crippen molar-refractivity contribution in [2.24, 2.45) is 5.10 Å². The van der Waals surface area contributed by atoms with Crippen molar-refractivity contribution in [3.63, 3.8) is 0 Å². The Balaban J connectivity index is 1.68. The van der Waals surface area contributed by atoms with Gasteiger partial charge in [0.15, 0.2) is 0 Å². The van der Waals surface area contributed by atoms with Crippen LogP contribution in [0, 0.1) is 0 Å². The minimum absolute atomic E-state index is 0.457. The molecule has 4 aromatic rings.